The maximum absolute atomic E-state index is 13.5. The van der Waals surface area contributed by atoms with Crippen molar-refractivity contribution in [3.63, 3.8) is 0 Å². The van der Waals surface area contributed by atoms with Crippen LogP contribution in [0.25, 0.3) is 0 Å². The average molecular weight is 562 g/mol. The van der Waals surface area contributed by atoms with E-state index in [4.69, 9.17) is 9.47 Å². The number of hydrogen-bond donors (Lipinski definition) is 3. The lowest BCUT2D eigenvalue weighted by atomic mass is 9.86. The average Bonchev–Trinajstić information content (AvgIpc) is 3.56. The molecule has 0 radical (unpaired) electrons. The van der Waals surface area contributed by atoms with Crippen LogP contribution in [0.2, 0.25) is 0 Å². The molecular weight excluding hydrogens is 530 g/mol. The number of piperidine rings is 1. The van der Waals surface area contributed by atoms with Gasteiger partial charge in [0.05, 0.1) is 28.5 Å². The highest BCUT2D eigenvalue weighted by Crippen LogP contribution is 2.48. The number of hydrogen-bond acceptors (Lipinski definition) is 7. The standard InChI is InChI=1S/C29H31N5O5S/c1-3-23(35)33-15-20(22(16-33)38-2)31-27(36)26-25-24-21(13-14-30-28(24)40-26)34(29(37)32-25)17-9-11-19(12-10-17)39-18-7-5-4-6-8-18/h3-12,20-22,24,28,30H,1,13-16H2,2H3,(H,31,36)(H,32,37)/t20-,21?,22-,24?,28?/m0/s1. The molecule has 4 amide bonds. The smallest absolute Gasteiger partial charge is 0.326 e. The van der Waals surface area contributed by atoms with Crippen LogP contribution in [0.15, 0.2) is 77.9 Å². The van der Waals surface area contributed by atoms with Gasteiger partial charge >= 0.3 is 6.03 Å². The summed E-state index contributed by atoms with van der Waals surface area (Å²) in [6.07, 6.45) is 1.68. The van der Waals surface area contributed by atoms with Crippen LogP contribution < -0.4 is 25.6 Å². The maximum atomic E-state index is 13.5. The quantitative estimate of drug-likeness (QED) is 0.446. The van der Waals surface area contributed by atoms with Gasteiger partial charge in [0.15, 0.2) is 0 Å². The molecule has 40 heavy (non-hydrogen) atoms. The number of carbonyl (C=O) groups is 3. The highest BCUT2D eigenvalue weighted by Gasteiger charge is 2.52. The minimum Gasteiger partial charge on any atom is -0.457 e. The van der Waals surface area contributed by atoms with Gasteiger partial charge in [0.1, 0.15) is 11.5 Å². The first-order valence-corrected chi connectivity index (χ1v) is 14.2. The summed E-state index contributed by atoms with van der Waals surface area (Å²) in [6.45, 7) is 4.99. The van der Waals surface area contributed by atoms with Crippen molar-refractivity contribution in [3.8, 4) is 11.5 Å². The number of rotatable bonds is 7. The summed E-state index contributed by atoms with van der Waals surface area (Å²) < 4.78 is 11.5. The van der Waals surface area contributed by atoms with Crippen molar-refractivity contribution in [3.05, 3.63) is 77.9 Å². The summed E-state index contributed by atoms with van der Waals surface area (Å²) in [4.78, 5) is 43.0. The molecule has 3 saturated heterocycles. The third-order valence-electron chi connectivity index (χ3n) is 7.81. The minimum atomic E-state index is -0.367. The van der Waals surface area contributed by atoms with Gasteiger partial charge in [-0.1, -0.05) is 36.5 Å². The van der Waals surface area contributed by atoms with Crippen molar-refractivity contribution in [2.75, 3.05) is 31.6 Å². The molecule has 0 saturated carbocycles. The molecule has 2 aromatic carbocycles. The Kier molecular flexibility index (Phi) is 7.26. The summed E-state index contributed by atoms with van der Waals surface area (Å²) in [5, 5.41) is 9.55. The van der Waals surface area contributed by atoms with Gasteiger partial charge in [0.25, 0.3) is 5.91 Å². The summed E-state index contributed by atoms with van der Waals surface area (Å²) in [5.41, 5.74) is 1.42. The van der Waals surface area contributed by atoms with Crippen molar-refractivity contribution in [2.24, 2.45) is 5.92 Å². The van der Waals surface area contributed by atoms with E-state index in [9.17, 15) is 14.4 Å². The Labute approximate surface area is 236 Å². The van der Waals surface area contributed by atoms with Crippen molar-refractivity contribution in [1.29, 1.82) is 0 Å². The first-order chi connectivity index (χ1) is 19.5. The topological polar surface area (TPSA) is 112 Å². The zero-order valence-corrected chi connectivity index (χ0v) is 22.9. The Balaban J connectivity index is 1.20. The molecular formula is C29H31N5O5S. The van der Waals surface area contributed by atoms with E-state index in [2.05, 4.69) is 22.5 Å². The van der Waals surface area contributed by atoms with Gasteiger partial charge in [-0.15, -0.1) is 0 Å². The molecule has 3 unspecified atom stereocenters. The molecule has 4 aliphatic rings. The highest BCUT2D eigenvalue weighted by atomic mass is 32.2. The van der Waals surface area contributed by atoms with Gasteiger partial charge in [-0.25, -0.2) is 4.79 Å². The number of amides is 4. The molecule has 4 heterocycles. The molecule has 0 aliphatic carbocycles. The van der Waals surface area contributed by atoms with Gasteiger partial charge in [-0.2, -0.15) is 0 Å². The summed E-state index contributed by atoms with van der Waals surface area (Å²) in [5.74, 6) is 0.879. The molecule has 0 bridgehead atoms. The molecule has 0 spiro atoms. The van der Waals surface area contributed by atoms with Crippen LogP contribution in [0, 0.1) is 5.92 Å². The van der Waals surface area contributed by atoms with Gasteiger partial charge < -0.3 is 30.3 Å². The van der Waals surface area contributed by atoms with Crippen molar-refractivity contribution >= 4 is 35.3 Å². The van der Waals surface area contributed by atoms with Gasteiger partial charge in [-0.05, 0) is 55.4 Å². The van der Waals surface area contributed by atoms with Crippen molar-refractivity contribution in [2.45, 2.75) is 30.0 Å². The molecule has 3 N–H and O–H groups in total. The summed E-state index contributed by atoms with van der Waals surface area (Å²) >= 11 is 1.44. The number of likely N-dealkylation sites (tertiary alicyclic amines) is 1. The second kappa shape index (κ2) is 11.0. The largest absolute Gasteiger partial charge is 0.457 e. The predicted octanol–water partition coefficient (Wildman–Crippen LogP) is 2.80. The molecule has 0 aromatic heterocycles. The lowest BCUT2D eigenvalue weighted by Gasteiger charge is -2.45. The zero-order valence-electron chi connectivity index (χ0n) is 22.0. The second-order valence-electron chi connectivity index (χ2n) is 10.1. The van der Waals surface area contributed by atoms with Gasteiger partial charge in [0.2, 0.25) is 5.91 Å². The van der Waals surface area contributed by atoms with Crippen LogP contribution in [-0.4, -0.2) is 73.1 Å². The van der Waals surface area contributed by atoms with E-state index < -0.39 is 0 Å². The summed E-state index contributed by atoms with van der Waals surface area (Å²) in [7, 11) is 1.57. The van der Waals surface area contributed by atoms with Gasteiger partial charge in [0, 0.05) is 37.5 Å². The van der Waals surface area contributed by atoms with E-state index in [0.29, 0.717) is 29.4 Å². The van der Waals surface area contributed by atoms with Crippen LogP contribution in [0.1, 0.15) is 6.42 Å². The highest BCUT2D eigenvalue weighted by molar-refractivity contribution is 8.04. The van der Waals surface area contributed by atoms with Crippen molar-refractivity contribution in [1.82, 2.24) is 20.9 Å². The van der Waals surface area contributed by atoms with Gasteiger partial charge in [-0.3, -0.25) is 14.5 Å². The first kappa shape index (κ1) is 26.4. The van der Waals surface area contributed by atoms with E-state index in [1.807, 2.05) is 54.6 Å². The number of para-hydroxylation sites is 1. The Bertz CT molecular complexity index is 1350. The number of nitrogens with one attached hydrogen (secondary N) is 3. The third kappa shape index (κ3) is 4.85. The fraction of sp³-hybridized carbons (Fsp3) is 0.345. The molecule has 208 valence electrons. The molecule has 3 fully saturated rings. The number of carbonyl (C=O) groups excluding carboxylic acids is 3. The Hall–Kier alpha value is -3.80. The predicted molar refractivity (Wildman–Crippen MR) is 152 cm³/mol. The Morgan fingerprint density at radius 3 is 2.58 bits per heavy atom. The molecule has 2 aromatic rings. The Morgan fingerprint density at radius 1 is 1.10 bits per heavy atom. The number of nitrogens with zero attached hydrogens (tertiary/aromatic N) is 2. The Morgan fingerprint density at radius 2 is 1.85 bits per heavy atom. The zero-order chi connectivity index (χ0) is 27.8. The lowest BCUT2D eigenvalue weighted by molar-refractivity contribution is -0.125. The number of ether oxygens (including phenoxy) is 2. The fourth-order valence-corrected chi connectivity index (χ4v) is 7.32. The van der Waals surface area contributed by atoms with E-state index in [0.717, 1.165) is 24.4 Å². The van der Waals surface area contributed by atoms with Crippen LogP contribution in [-0.2, 0) is 14.3 Å². The number of urea groups is 1. The molecule has 5 atom stereocenters. The number of thioether (sulfide) groups is 1. The molecule has 10 nitrogen and oxygen atoms in total. The lowest BCUT2D eigenvalue weighted by Crippen LogP contribution is -2.62. The van der Waals surface area contributed by atoms with E-state index in [-0.39, 0.29) is 47.3 Å². The maximum Gasteiger partial charge on any atom is 0.326 e. The van der Waals surface area contributed by atoms with Crippen LogP contribution >= 0.6 is 11.8 Å². The minimum absolute atomic E-state index is 0.0427. The molecule has 4 aliphatic heterocycles. The van der Waals surface area contributed by atoms with E-state index >= 15 is 0 Å². The molecule has 11 heteroatoms. The fourth-order valence-electron chi connectivity index (χ4n) is 5.92. The normalized spacial score (nSPS) is 27.2. The van der Waals surface area contributed by atoms with E-state index in [1.54, 1.807) is 16.9 Å². The van der Waals surface area contributed by atoms with Crippen LogP contribution in [0.5, 0.6) is 11.5 Å². The number of methoxy groups -OCH3 is 1. The monoisotopic (exact) mass is 561 g/mol. The van der Waals surface area contributed by atoms with Crippen LogP contribution in [0.3, 0.4) is 0 Å². The number of anilines is 1. The molecule has 6 rings (SSSR count). The SMILES string of the molecule is C=CC(=O)N1C[C@H](NC(=O)C2=C3NC(=O)N(c4ccc(Oc5ccccc5)cc4)C4CCNC(S2)C34)[C@@H](OC)C1. The summed E-state index contributed by atoms with van der Waals surface area (Å²) in [6, 6.07) is 16.3. The number of benzene rings is 2. The second-order valence-corrected chi connectivity index (χ2v) is 11.3. The van der Waals surface area contributed by atoms with Crippen molar-refractivity contribution < 1.29 is 23.9 Å². The van der Waals surface area contributed by atoms with E-state index in [1.165, 1.54) is 17.8 Å². The first-order valence-electron chi connectivity index (χ1n) is 13.3. The van der Waals surface area contributed by atoms with Crippen LogP contribution in [0.4, 0.5) is 10.5 Å². The third-order valence-corrected chi connectivity index (χ3v) is 9.17.